The van der Waals surface area contributed by atoms with Crippen LogP contribution in [0.2, 0.25) is 5.02 Å². The highest BCUT2D eigenvalue weighted by molar-refractivity contribution is 7.92. The van der Waals surface area contributed by atoms with Gasteiger partial charge in [-0.25, -0.2) is 12.8 Å². The maximum atomic E-state index is 14.2. The number of nitrogens with one attached hydrogen (secondary N) is 1. The number of benzene rings is 3. The van der Waals surface area contributed by atoms with Crippen LogP contribution in [0.4, 0.5) is 10.1 Å². The Morgan fingerprint density at radius 3 is 2.29 bits per heavy atom. The highest BCUT2D eigenvalue weighted by Gasteiger charge is 2.34. The number of hydrogen-bond acceptors (Lipinski definition) is 4. The van der Waals surface area contributed by atoms with Crippen LogP contribution in [0.25, 0.3) is 0 Å². The minimum Gasteiger partial charge on any atom is -0.352 e. The number of carbonyl (C=O) groups is 2. The molecule has 0 unspecified atom stereocenters. The molecule has 0 heterocycles. The Morgan fingerprint density at radius 2 is 1.67 bits per heavy atom. The molecule has 1 atom stereocenters. The summed E-state index contributed by atoms with van der Waals surface area (Å²) in [7, 11) is -4.19. The number of hydrogen-bond donors (Lipinski definition) is 1. The van der Waals surface area contributed by atoms with Crippen LogP contribution in [0.3, 0.4) is 0 Å². The first kappa shape index (κ1) is 31.5. The number of sulfonamides is 1. The first-order chi connectivity index (χ1) is 20.1. The normalized spacial score (nSPS) is 14.7. The average molecular weight is 614 g/mol. The fourth-order valence-electron chi connectivity index (χ4n) is 5.24. The van der Waals surface area contributed by atoms with Gasteiger partial charge < -0.3 is 10.2 Å². The van der Waals surface area contributed by atoms with E-state index in [2.05, 4.69) is 5.32 Å². The van der Waals surface area contributed by atoms with Crippen LogP contribution in [0, 0.1) is 12.7 Å². The summed E-state index contributed by atoms with van der Waals surface area (Å²) >= 11 is 6.38. The SMILES string of the molecule is CC[C@@H](C(=O)NC1CCCCC1)N(Cc1ccc(F)cc1)C(=O)CN(c1ccc(C)c(Cl)c1)S(=O)(=O)c1ccccc1. The fraction of sp³-hybridized carbons (Fsp3) is 0.375. The molecule has 1 aliphatic carbocycles. The van der Waals surface area contributed by atoms with Gasteiger partial charge in [0.15, 0.2) is 0 Å². The zero-order valence-electron chi connectivity index (χ0n) is 23.9. The Labute approximate surface area is 252 Å². The van der Waals surface area contributed by atoms with E-state index in [9.17, 15) is 22.4 Å². The number of nitrogens with zero attached hydrogens (tertiary/aromatic N) is 2. The summed E-state index contributed by atoms with van der Waals surface area (Å²) in [6, 6.07) is 17.5. The van der Waals surface area contributed by atoms with Gasteiger partial charge in [0.05, 0.1) is 10.6 Å². The van der Waals surface area contributed by atoms with Crippen LogP contribution < -0.4 is 9.62 Å². The second kappa shape index (κ2) is 14.2. The molecular formula is C32H37ClFN3O4S. The standard InChI is InChI=1S/C32H37ClFN3O4S/c1-3-30(32(39)35-26-10-6-4-7-11-26)36(21-24-15-17-25(34)18-16-24)31(38)22-37(27-19-14-23(2)29(33)20-27)42(40,41)28-12-8-5-9-13-28/h5,8-9,12-20,26,30H,3-4,6-7,10-11,21-22H2,1-2H3,(H,35,39)/t30-/m0/s1. The van der Waals surface area contributed by atoms with E-state index in [4.69, 9.17) is 11.6 Å². The lowest BCUT2D eigenvalue weighted by atomic mass is 9.95. The second-order valence-corrected chi connectivity index (χ2v) is 12.9. The van der Waals surface area contributed by atoms with Gasteiger partial charge in [0.1, 0.15) is 18.4 Å². The molecule has 7 nitrogen and oxygen atoms in total. The fourth-order valence-corrected chi connectivity index (χ4v) is 6.84. The summed E-state index contributed by atoms with van der Waals surface area (Å²) in [5, 5.41) is 3.47. The van der Waals surface area contributed by atoms with Gasteiger partial charge in [0, 0.05) is 17.6 Å². The van der Waals surface area contributed by atoms with Crippen molar-refractivity contribution in [1.82, 2.24) is 10.2 Å². The van der Waals surface area contributed by atoms with Crippen molar-refractivity contribution in [3.63, 3.8) is 0 Å². The third-order valence-electron chi connectivity index (χ3n) is 7.66. The van der Waals surface area contributed by atoms with E-state index in [1.165, 1.54) is 35.2 Å². The molecule has 1 saturated carbocycles. The van der Waals surface area contributed by atoms with E-state index in [0.29, 0.717) is 17.0 Å². The van der Waals surface area contributed by atoms with Gasteiger partial charge in [0.25, 0.3) is 10.0 Å². The Hall–Kier alpha value is -3.43. The summed E-state index contributed by atoms with van der Waals surface area (Å²) in [4.78, 5) is 29.1. The lowest BCUT2D eigenvalue weighted by Crippen LogP contribution is -2.54. The number of anilines is 1. The number of aryl methyl sites for hydroxylation is 1. The monoisotopic (exact) mass is 613 g/mol. The highest BCUT2D eigenvalue weighted by atomic mass is 35.5. The topological polar surface area (TPSA) is 86.8 Å². The van der Waals surface area contributed by atoms with Gasteiger partial charge in [-0.3, -0.25) is 13.9 Å². The molecule has 2 amide bonds. The van der Waals surface area contributed by atoms with Crippen molar-refractivity contribution in [2.24, 2.45) is 0 Å². The quantitative estimate of drug-likeness (QED) is 0.277. The summed E-state index contributed by atoms with van der Waals surface area (Å²) in [6.07, 6.45) is 5.27. The molecule has 1 fully saturated rings. The third kappa shape index (κ3) is 7.69. The molecular weight excluding hydrogens is 577 g/mol. The minimum absolute atomic E-state index is 0.00356. The Bertz CT molecular complexity index is 1480. The van der Waals surface area contributed by atoms with Crippen LogP contribution in [0.1, 0.15) is 56.6 Å². The van der Waals surface area contributed by atoms with Crippen molar-refractivity contribution in [3.05, 3.63) is 94.8 Å². The molecule has 42 heavy (non-hydrogen) atoms. The number of rotatable bonds is 11. The smallest absolute Gasteiger partial charge is 0.264 e. The van der Waals surface area contributed by atoms with E-state index in [1.807, 2.05) is 6.92 Å². The number of carbonyl (C=O) groups excluding carboxylic acids is 2. The van der Waals surface area contributed by atoms with E-state index < -0.39 is 34.3 Å². The van der Waals surface area contributed by atoms with E-state index in [-0.39, 0.29) is 29.1 Å². The number of halogens is 2. The largest absolute Gasteiger partial charge is 0.352 e. The lowest BCUT2D eigenvalue weighted by molar-refractivity contribution is -0.140. The van der Waals surface area contributed by atoms with Crippen LogP contribution in [0.5, 0.6) is 0 Å². The Morgan fingerprint density at radius 1 is 1.00 bits per heavy atom. The second-order valence-electron chi connectivity index (χ2n) is 10.7. The molecule has 3 aromatic rings. The molecule has 1 N–H and O–H groups in total. The first-order valence-electron chi connectivity index (χ1n) is 14.3. The lowest BCUT2D eigenvalue weighted by Gasteiger charge is -2.34. The van der Waals surface area contributed by atoms with Crippen LogP contribution in [0.15, 0.2) is 77.7 Å². The van der Waals surface area contributed by atoms with Crippen LogP contribution in [-0.2, 0) is 26.2 Å². The van der Waals surface area contributed by atoms with E-state index >= 15 is 0 Å². The molecule has 0 radical (unpaired) electrons. The predicted molar refractivity (Wildman–Crippen MR) is 163 cm³/mol. The molecule has 10 heteroatoms. The highest BCUT2D eigenvalue weighted by Crippen LogP contribution is 2.29. The van der Waals surface area contributed by atoms with Gasteiger partial charge in [-0.2, -0.15) is 0 Å². The predicted octanol–water partition coefficient (Wildman–Crippen LogP) is 6.24. The third-order valence-corrected chi connectivity index (χ3v) is 9.85. The van der Waals surface area contributed by atoms with Crippen molar-refractivity contribution < 1.29 is 22.4 Å². The maximum absolute atomic E-state index is 14.2. The Balaban J connectivity index is 1.71. The Kier molecular flexibility index (Phi) is 10.6. The minimum atomic E-state index is -4.19. The maximum Gasteiger partial charge on any atom is 0.264 e. The van der Waals surface area contributed by atoms with Crippen molar-refractivity contribution in [2.45, 2.75) is 75.9 Å². The zero-order valence-corrected chi connectivity index (χ0v) is 25.5. The molecule has 0 spiro atoms. The molecule has 224 valence electrons. The zero-order chi connectivity index (χ0) is 30.3. The molecule has 0 saturated heterocycles. The summed E-state index contributed by atoms with van der Waals surface area (Å²) in [5.41, 5.74) is 1.60. The van der Waals surface area contributed by atoms with Crippen LogP contribution in [-0.4, -0.2) is 43.8 Å². The average Bonchev–Trinajstić information content (AvgIpc) is 2.99. The van der Waals surface area contributed by atoms with Crippen LogP contribution >= 0.6 is 11.6 Å². The number of amides is 2. The summed E-state index contributed by atoms with van der Waals surface area (Å²) < 4.78 is 42.5. The molecule has 0 bridgehead atoms. The first-order valence-corrected chi connectivity index (χ1v) is 16.1. The van der Waals surface area contributed by atoms with E-state index in [0.717, 1.165) is 42.0 Å². The van der Waals surface area contributed by atoms with Crippen molar-refractivity contribution in [3.8, 4) is 0 Å². The van der Waals surface area contributed by atoms with Gasteiger partial charge in [-0.1, -0.05) is 74.2 Å². The van der Waals surface area contributed by atoms with Gasteiger partial charge >= 0.3 is 0 Å². The molecule has 1 aliphatic rings. The molecule has 4 rings (SSSR count). The summed E-state index contributed by atoms with van der Waals surface area (Å²) in [5.74, 6) is -1.27. The van der Waals surface area contributed by atoms with Gasteiger partial charge in [-0.15, -0.1) is 0 Å². The van der Waals surface area contributed by atoms with E-state index in [1.54, 1.807) is 49.4 Å². The van der Waals surface area contributed by atoms with Gasteiger partial charge in [0.2, 0.25) is 11.8 Å². The summed E-state index contributed by atoms with van der Waals surface area (Å²) in [6.45, 7) is 3.05. The van der Waals surface area contributed by atoms with Crippen molar-refractivity contribution in [2.75, 3.05) is 10.8 Å². The molecule has 0 aliphatic heterocycles. The van der Waals surface area contributed by atoms with Gasteiger partial charge in [-0.05, 0) is 73.7 Å². The van der Waals surface area contributed by atoms with Crippen molar-refractivity contribution >= 4 is 39.1 Å². The molecule has 0 aromatic heterocycles. The van der Waals surface area contributed by atoms with Crippen molar-refractivity contribution in [1.29, 1.82) is 0 Å². The molecule has 3 aromatic carbocycles.